The highest BCUT2D eigenvalue weighted by Gasteiger charge is 2.33. The lowest BCUT2D eigenvalue weighted by molar-refractivity contribution is -0.127. The summed E-state index contributed by atoms with van der Waals surface area (Å²) in [6.07, 6.45) is 19.7. The largest absolute Gasteiger partial charge is 0.353 e. The molecule has 1 saturated heterocycles. The second-order valence-corrected chi connectivity index (χ2v) is 8.92. The first-order valence-corrected chi connectivity index (χ1v) is 11.4. The topological polar surface area (TPSA) is 41.1 Å². The van der Waals surface area contributed by atoms with Crippen molar-refractivity contribution >= 4 is 5.91 Å². The van der Waals surface area contributed by atoms with Crippen LogP contribution in [-0.2, 0) is 4.79 Å². The van der Waals surface area contributed by atoms with E-state index in [1.807, 2.05) is 0 Å². The van der Waals surface area contributed by atoms with Gasteiger partial charge in [0, 0.05) is 18.5 Å². The number of carbonyl (C=O) groups excluding carboxylic acids is 1. The van der Waals surface area contributed by atoms with Crippen LogP contribution in [0.3, 0.4) is 0 Å². The molecule has 3 aliphatic rings. The van der Waals surface area contributed by atoms with Crippen molar-refractivity contribution in [2.45, 2.75) is 102 Å². The molecule has 144 valence electrons. The van der Waals surface area contributed by atoms with E-state index in [9.17, 15) is 4.79 Å². The Hall–Kier alpha value is -0.570. The normalized spacial score (nSPS) is 31.4. The van der Waals surface area contributed by atoms with Gasteiger partial charge in [-0.3, -0.25) is 4.79 Å². The highest BCUT2D eigenvalue weighted by atomic mass is 16.1. The van der Waals surface area contributed by atoms with Gasteiger partial charge in [0.2, 0.25) is 5.91 Å². The van der Waals surface area contributed by atoms with Gasteiger partial charge in [0.15, 0.2) is 0 Å². The molecule has 2 N–H and O–H groups in total. The molecular formula is C22H40N2O. The molecule has 0 bridgehead atoms. The highest BCUT2D eigenvalue weighted by Crippen LogP contribution is 2.32. The van der Waals surface area contributed by atoms with E-state index in [0.29, 0.717) is 17.9 Å². The molecule has 2 saturated carbocycles. The number of amides is 1. The van der Waals surface area contributed by atoms with E-state index in [4.69, 9.17) is 0 Å². The predicted molar refractivity (Wildman–Crippen MR) is 105 cm³/mol. The molecular weight excluding hydrogens is 308 g/mol. The van der Waals surface area contributed by atoms with E-state index >= 15 is 0 Å². The zero-order chi connectivity index (χ0) is 17.3. The third-order valence-corrected chi connectivity index (χ3v) is 7.09. The number of hydrogen-bond acceptors (Lipinski definition) is 2. The molecule has 0 aromatic rings. The summed E-state index contributed by atoms with van der Waals surface area (Å²) in [5.74, 6) is 2.14. The molecule has 2 unspecified atom stereocenters. The van der Waals surface area contributed by atoms with E-state index in [2.05, 4.69) is 10.6 Å². The Morgan fingerprint density at radius 1 is 0.720 bits per heavy atom. The van der Waals surface area contributed by atoms with Crippen molar-refractivity contribution in [2.24, 2.45) is 17.8 Å². The number of carbonyl (C=O) groups is 1. The lowest BCUT2D eigenvalue weighted by Crippen LogP contribution is -2.53. The molecule has 2 aliphatic carbocycles. The van der Waals surface area contributed by atoms with Crippen LogP contribution < -0.4 is 10.6 Å². The van der Waals surface area contributed by atoms with Crippen LogP contribution in [0.15, 0.2) is 0 Å². The van der Waals surface area contributed by atoms with E-state index < -0.39 is 0 Å². The van der Waals surface area contributed by atoms with E-state index in [1.54, 1.807) is 0 Å². The van der Waals surface area contributed by atoms with Crippen molar-refractivity contribution in [2.75, 3.05) is 13.1 Å². The Kier molecular flexibility index (Phi) is 8.10. The monoisotopic (exact) mass is 348 g/mol. The van der Waals surface area contributed by atoms with Crippen LogP contribution in [0.25, 0.3) is 0 Å². The summed E-state index contributed by atoms with van der Waals surface area (Å²) in [7, 11) is 0. The van der Waals surface area contributed by atoms with Crippen LogP contribution in [0.1, 0.15) is 96.3 Å². The molecule has 3 fully saturated rings. The summed E-state index contributed by atoms with van der Waals surface area (Å²) in [5, 5.41) is 7.16. The van der Waals surface area contributed by atoms with E-state index in [0.717, 1.165) is 38.3 Å². The van der Waals surface area contributed by atoms with Gasteiger partial charge < -0.3 is 10.6 Å². The van der Waals surface area contributed by atoms with Crippen molar-refractivity contribution in [3.05, 3.63) is 0 Å². The van der Waals surface area contributed by atoms with E-state index in [1.165, 1.54) is 77.0 Å². The molecule has 0 aromatic heterocycles. The molecule has 1 amide bonds. The van der Waals surface area contributed by atoms with Gasteiger partial charge in [-0.2, -0.15) is 0 Å². The summed E-state index contributed by atoms with van der Waals surface area (Å²) in [5.41, 5.74) is 0. The van der Waals surface area contributed by atoms with Crippen LogP contribution >= 0.6 is 0 Å². The summed E-state index contributed by atoms with van der Waals surface area (Å²) in [6, 6.07) is 0.420. The van der Waals surface area contributed by atoms with Gasteiger partial charge in [-0.05, 0) is 37.6 Å². The highest BCUT2D eigenvalue weighted by molar-refractivity contribution is 5.79. The molecule has 3 rings (SSSR count). The summed E-state index contributed by atoms with van der Waals surface area (Å²) in [4.78, 5) is 13.0. The maximum Gasteiger partial charge on any atom is 0.223 e. The molecule has 25 heavy (non-hydrogen) atoms. The minimum atomic E-state index is 0.285. The average molecular weight is 349 g/mol. The van der Waals surface area contributed by atoms with Crippen LogP contribution in [0.5, 0.6) is 0 Å². The Bertz CT molecular complexity index is 381. The number of piperidine rings is 1. The maximum absolute atomic E-state index is 13.0. The third kappa shape index (κ3) is 5.98. The van der Waals surface area contributed by atoms with E-state index in [-0.39, 0.29) is 5.92 Å². The number of nitrogens with one attached hydrogen (secondary N) is 2. The smallest absolute Gasteiger partial charge is 0.223 e. The Balaban J connectivity index is 1.56. The lowest BCUT2D eigenvalue weighted by atomic mass is 9.75. The Morgan fingerprint density at radius 2 is 1.28 bits per heavy atom. The summed E-state index contributed by atoms with van der Waals surface area (Å²) >= 11 is 0. The summed E-state index contributed by atoms with van der Waals surface area (Å²) in [6.45, 7) is 2.18. The second-order valence-electron chi connectivity index (χ2n) is 8.92. The van der Waals surface area contributed by atoms with Gasteiger partial charge >= 0.3 is 0 Å². The molecule has 1 aliphatic heterocycles. The van der Waals surface area contributed by atoms with Crippen molar-refractivity contribution < 1.29 is 4.79 Å². The van der Waals surface area contributed by atoms with Crippen LogP contribution in [-0.4, -0.2) is 25.0 Å². The Labute approximate surface area is 155 Å². The van der Waals surface area contributed by atoms with Gasteiger partial charge in [-0.1, -0.05) is 77.0 Å². The number of hydrogen-bond donors (Lipinski definition) is 2. The van der Waals surface area contributed by atoms with Gasteiger partial charge in [-0.25, -0.2) is 0 Å². The molecule has 1 heterocycles. The van der Waals surface area contributed by atoms with Crippen molar-refractivity contribution in [3.8, 4) is 0 Å². The zero-order valence-electron chi connectivity index (χ0n) is 16.2. The fraction of sp³-hybridized carbons (Fsp3) is 0.955. The van der Waals surface area contributed by atoms with Gasteiger partial charge in [-0.15, -0.1) is 0 Å². The zero-order valence-corrected chi connectivity index (χ0v) is 16.2. The van der Waals surface area contributed by atoms with Gasteiger partial charge in [0.25, 0.3) is 0 Å². The molecule has 3 nitrogen and oxygen atoms in total. The van der Waals surface area contributed by atoms with Crippen molar-refractivity contribution in [1.29, 1.82) is 0 Å². The van der Waals surface area contributed by atoms with Crippen LogP contribution in [0.2, 0.25) is 0 Å². The average Bonchev–Trinajstić information content (AvgIpc) is 2.55. The molecule has 0 aromatic carbocycles. The molecule has 0 spiro atoms. The standard InChI is InChI=1S/C22H40N2O/c25-22(19-13-9-5-2-6-10-14-19)24-21-15-16-23-17-20(21)18-11-7-3-1-4-8-12-18/h18-21,23H,1-17H2,(H,24,25). The van der Waals surface area contributed by atoms with Gasteiger partial charge in [0.05, 0.1) is 0 Å². The fourth-order valence-corrected chi connectivity index (χ4v) is 5.49. The minimum Gasteiger partial charge on any atom is -0.353 e. The summed E-state index contributed by atoms with van der Waals surface area (Å²) < 4.78 is 0. The van der Waals surface area contributed by atoms with Crippen molar-refractivity contribution in [1.82, 2.24) is 10.6 Å². The quantitative estimate of drug-likeness (QED) is 0.769. The SMILES string of the molecule is O=C(NC1CCNCC1C1CCCCCCC1)C1CCCCCCC1. The number of rotatable bonds is 3. The molecule has 3 heteroatoms. The first-order chi connectivity index (χ1) is 12.3. The predicted octanol–water partition coefficient (Wildman–Crippen LogP) is 4.80. The Morgan fingerprint density at radius 3 is 1.92 bits per heavy atom. The molecule has 0 radical (unpaired) electrons. The first-order valence-electron chi connectivity index (χ1n) is 11.4. The van der Waals surface area contributed by atoms with Crippen LogP contribution in [0.4, 0.5) is 0 Å². The van der Waals surface area contributed by atoms with Crippen LogP contribution in [0, 0.1) is 17.8 Å². The minimum absolute atomic E-state index is 0.285. The fourth-order valence-electron chi connectivity index (χ4n) is 5.49. The van der Waals surface area contributed by atoms with Crippen molar-refractivity contribution in [3.63, 3.8) is 0 Å². The third-order valence-electron chi connectivity index (χ3n) is 7.09. The first kappa shape index (κ1) is 19.2. The second kappa shape index (κ2) is 10.5. The van der Waals surface area contributed by atoms with Gasteiger partial charge in [0.1, 0.15) is 0 Å². The lowest BCUT2D eigenvalue weighted by Gasteiger charge is -2.39. The molecule has 2 atom stereocenters. The maximum atomic E-state index is 13.0.